The van der Waals surface area contributed by atoms with Crippen LogP contribution in [0, 0.1) is 21.4 Å². The first kappa shape index (κ1) is 19.4. The molecule has 28 heavy (non-hydrogen) atoms. The molecule has 1 heterocycles. The number of benzene rings is 2. The third kappa shape index (κ3) is 4.30. The number of nitro groups is 1. The molecule has 3 rings (SSSR count). The molecule has 0 atom stereocenters. The molecule has 1 saturated heterocycles. The lowest BCUT2D eigenvalue weighted by atomic mass is 10.1. The van der Waals surface area contributed by atoms with Gasteiger partial charge in [0.05, 0.1) is 9.95 Å². The number of ether oxygens (including phenoxy) is 1. The normalized spacial score (nSPS) is 13.9. The predicted molar refractivity (Wildman–Crippen MR) is 104 cm³/mol. The number of para-hydroxylation sites is 1. The Kier molecular flexibility index (Phi) is 5.92. The van der Waals surface area contributed by atoms with Crippen LogP contribution in [0.2, 0.25) is 5.02 Å². The van der Waals surface area contributed by atoms with Crippen molar-refractivity contribution in [2.75, 3.05) is 13.1 Å². The van der Waals surface area contributed by atoms with Gasteiger partial charge in [0.25, 0.3) is 5.91 Å². The van der Waals surface area contributed by atoms with E-state index in [1.54, 1.807) is 35.2 Å². The predicted octanol–water partition coefficient (Wildman–Crippen LogP) is 4.57. The Balaban J connectivity index is 1.92. The van der Waals surface area contributed by atoms with Crippen LogP contribution in [0.15, 0.2) is 48.0 Å². The second-order valence-electron chi connectivity index (χ2n) is 6.19. The van der Waals surface area contributed by atoms with Gasteiger partial charge in [-0.25, -0.2) is 0 Å². The molecule has 1 amide bonds. The van der Waals surface area contributed by atoms with Gasteiger partial charge in [0.15, 0.2) is 0 Å². The molecule has 0 aliphatic carbocycles. The molecule has 2 aromatic carbocycles. The molecule has 0 bridgehead atoms. The summed E-state index contributed by atoms with van der Waals surface area (Å²) in [5, 5.41) is 21.1. The fourth-order valence-corrected chi connectivity index (χ4v) is 3.07. The summed E-state index contributed by atoms with van der Waals surface area (Å²) >= 11 is 6.04. The van der Waals surface area contributed by atoms with E-state index in [1.807, 2.05) is 6.07 Å². The van der Waals surface area contributed by atoms with E-state index in [9.17, 15) is 20.2 Å². The lowest BCUT2D eigenvalue weighted by Gasteiger charge is -2.14. The average Bonchev–Trinajstić information content (AvgIpc) is 3.23. The summed E-state index contributed by atoms with van der Waals surface area (Å²) in [6, 6.07) is 12.8. The molecule has 7 nitrogen and oxygen atoms in total. The van der Waals surface area contributed by atoms with E-state index in [1.165, 1.54) is 18.2 Å². The van der Waals surface area contributed by atoms with Gasteiger partial charge in [0, 0.05) is 19.2 Å². The van der Waals surface area contributed by atoms with E-state index < -0.39 is 4.92 Å². The summed E-state index contributed by atoms with van der Waals surface area (Å²) in [5.41, 5.74) is 0.0119. The second kappa shape index (κ2) is 8.55. The van der Waals surface area contributed by atoms with Crippen molar-refractivity contribution in [2.45, 2.75) is 12.8 Å². The van der Waals surface area contributed by atoms with Gasteiger partial charge in [-0.05, 0) is 42.7 Å². The van der Waals surface area contributed by atoms with Crippen LogP contribution in [0.3, 0.4) is 0 Å². The second-order valence-corrected chi connectivity index (χ2v) is 6.59. The minimum atomic E-state index is -0.585. The number of nitro benzene ring substituents is 1. The molecular formula is C20H16ClN3O4. The zero-order chi connectivity index (χ0) is 20.1. The third-order valence-corrected chi connectivity index (χ3v) is 4.60. The largest absolute Gasteiger partial charge is 0.449 e. The molecule has 1 aliphatic heterocycles. The van der Waals surface area contributed by atoms with Gasteiger partial charge in [-0.15, -0.1) is 0 Å². The number of halogens is 1. The highest BCUT2D eigenvalue weighted by Gasteiger charge is 2.22. The third-order valence-electron chi connectivity index (χ3n) is 4.29. The number of hydrogen-bond donors (Lipinski definition) is 0. The molecule has 142 valence electrons. The first-order chi connectivity index (χ1) is 13.5. The van der Waals surface area contributed by atoms with Crippen LogP contribution in [-0.4, -0.2) is 28.8 Å². The van der Waals surface area contributed by atoms with Crippen molar-refractivity contribution in [2.24, 2.45) is 0 Å². The lowest BCUT2D eigenvalue weighted by molar-refractivity contribution is -0.385. The number of amides is 1. The average molecular weight is 398 g/mol. The van der Waals surface area contributed by atoms with Gasteiger partial charge in [-0.2, -0.15) is 5.26 Å². The zero-order valence-electron chi connectivity index (χ0n) is 14.8. The molecule has 0 N–H and O–H groups in total. The number of likely N-dealkylation sites (tertiary alicyclic amines) is 1. The quantitative estimate of drug-likeness (QED) is 0.318. The van der Waals surface area contributed by atoms with Gasteiger partial charge in [0.1, 0.15) is 17.4 Å². The fourth-order valence-electron chi connectivity index (χ4n) is 2.90. The van der Waals surface area contributed by atoms with E-state index >= 15 is 0 Å². The van der Waals surface area contributed by atoms with Gasteiger partial charge in [-0.3, -0.25) is 14.9 Å². The first-order valence-electron chi connectivity index (χ1n) is 8.61. The van der Waals surface area contributed by atoms with Gasteiger partial charge in [0.2, 0.25) is 5.75 Å². The highest BCUT2D eigenvalue weighted by Crippen LogP contribution is 2.35. The maximum Gasteiger partial charge on any atom is 0.312 e. The fraction of sp³-hybridized carbons (Fsp3) is 0.200. The van der Waals surface area contributed by atoms with Crippen molar-refractivity contribution in [3.05, 3.63) is 68.7 Å². The van der Waals surface area contributed by atoms with E-state index in [-0.39, 0.29) is 28.7 Å². The Morgan fingerprint density at radius 3 is 2.57 bits per heavy atom. The molecule has 8 heteroatoms. The molecule has 0 unspecified atom stereocenters. The number of rotatable bonds is 5. The van der Waals surface area contributed by atoms with Crippen molar-refractivity contribution >= 4 is 29.3 Å². The number of nitriles is 1. The lowest BCUT2D eigenvalue weighted by Crippen LogP contribution is -2.28. The van der Waals surface area contributed by atoms with Crippen LogP contribution < -0.4 is 4.74 Å². The topological polar surface area (TPSA) is 96.5 Å². The molecule has 2 aromatic rings. The minimum absolute atomic E-state index is 0.0135. The van der Waals surface area contributed by atoms with Crippen LogP contribution in [0.25, 0.3) is 6.08 Å². The molecule has 1 fully saturated rings. The Labute approximate surface area is 166 Å². The molecule has 0 aromatic heterocycles. The van der Waals surface area contributed by atoms with Gasteiger partial charge in [-0.1, -0.05) is 29.8 Å². The maximum atomic E-state index is 12.4. The summed E-state index contributed by atoms with van der Waals surface area (Å²) < 4.78 is 5.58. The number of carbonyl (C=O) groups excluding carboxylic acids is 1. The maximum absolute atomic E-state index is 12.4. The van der Waals surface area contributed by atoms with Crippen LogP contribution >= 0.6 is 11.6 Å². The van der Waals surface area contributed by atoms with Gasteiger partial charge >= 0.3 is 5.69 Å². The SMILES string of the molecule is N#C/C(=C\c1ccc(Oc2ccccc2Cl)c([N+](=O)[O-])c1)C(=O)N1CCCC1. The summed E-state index contributed by atoms with van der Waals surface area (Å²) in [6.45, 7) is 1.23. The zero-order valence-corrected chi connectivity index (χ0v) is 15.6. The standard InChI is InChI=1S/C20H16ClN3O4/c21-16-5-1-2-6-18(16)28-19-8-7-14(12-17(19)24(26)27)11-15(13-22)20(25)23-9-3-4-10-23/h1-2,5-8,11-12H,3-4,9-10H2/b15-11+. The van der Waals surface area contributed by atoms with Crippen molar-refractivity contribution < 1.29 is 14.5 Å². The van der Waals surface area contributed by atoms with Crippen molar-refractivity contribution in [3.63, 3.8) is 0 Å². The number of hydrogen-bond acceptors (Lipinski definition) is 5. The monoisotopic (exact) mass is 397 g/mol. The summed E-state index contributed by atoms with van der Waals surface area (Å²) in [7, 11) is 0. The van der Waals surface area contributed by atoms with Crippen molar-refractivity contribution in [3.8, 4) is 17.6 Å². The Morgan fingerprint density at radius 1 is 1.21 bits per heavy atom. The molecular weight excluding hydrogens is 382 g/mol. The molecule has 0 spiro atoms. The molecule has 1 aliphatic rings. The van der Waals surface area contributed by atoms with E-state index in [4.69, 9.17) is 16.3 Å². The van der Waals surface area contributed by atoms with E-state index in [2.05, 4.69) is 0 Å². The van der Waals surface area contributed by atoms with Gasteiger partial charge < -0.3 is 9.64 Å². The van der Waals surface area contributed by atoms with E-state index in [0.29, 0.717) is 23.7 Å². The van der Waals surface area contributed by atoms with E-state index in [0.717, 1.165) is 12.8 Å². The number of nitrogens with zero attached hydrogens (tertiary/aromatic N) is 3. The molecule has 0 saturated carbocycles. The highest BCUT2D eigenvalue weighted by molar-refractivity contribution is 6.32. The van der Waals surface area contributed by atoms with Crippen LogP contribution in [0.4, 0.5) is 5.69 Å². The minimum Gasteiger partial charge on any atom is -0.449 e. The number of carbonyl (C=O) groups is 1. The smallest absolute Gasteiger partial charge is 0.312 e. The van der Waals surface area contributed by atoms with Crippen LogP contribution in [0.5, 0.6) is 11.5 Å². The first-order valence-corrected chi connectivity index (χ1v) is 8.99. The highest BCUT2D eigenvalue weighted by atomic mass is 35.5. The Hall–Kier alpha value is -3.37. The Morgan fingerprint density at radius 2 is 1.93 bits per heavy atom. The Bertz CT molecular complexity index is 991. The summed E-state index contributed by atoms with van der Waals surface area (Å²) in [5.74, 6) is -0.0591. The van der Waals surface area contributed by atoms with Crippen LogP contribution in [0.1, 0.15) is 18.4 Å². The van der Waals surface area contributed by atoms with Crippen molar-refractivity contribution in [1.29, 1.82) is 5.26 Å². The molecule has 0 radical (unpaired) electrons. The van der Waals surface area contributed by atoms with Crippen molar-refractivity contribution in [1.82, 2.24) is 4.90 Å². The van der Waals surface area contributed by atoms with Crippen LogP contribution in [-0.2, 0) is 4.79 Å². The summed E-state index contributed by atoms with van der Waals surface area (Å²) in [4.78, 5) is 24.9. The summed E-state index contributed by atoms with van der Waals surface area (Å²) in [6.07, 6.45) is 3.17.